The Kier molecular flexibility index (Phi) is 6.34. The fourth-order valence-corrected chi connectivity index (χ4v) is 7.91. The normalized spacial score (nSPS) is 28.3. The number of ether oxygens (including phenoxy) is 2. The molecule has 4 bridgehead atoms. The lowest BCUT2D eigenvalue weighted by Gasteiger charge is -2.58. The summed E-state index contributed by atoms with van der Waals surface area (Å²) >= 11 is 3.90. The standard InChI is InChI=1S/C27H29BrN2O5/c1-34-22-8-6-21(7-9-22)30-24(32)19-2-4-20(5-3-19)29-23(31)15-35-25(33)26-11-17-10-18(12-26)14-27(28,13-17)16-26/h2-9,17-18H,10-16H2,1H3,(H,29,31)(H,30,32)/t17-,18-,26?,27?/m0/s1. The quantitative estimate of drug-likeness (QED) is 0.373. The van der Waals surface area contributed by atoms with Crippen molar-refractivity contribution in [2.75, 3.05) is 24.4 Å². The van der Waals surface area contributed by atoms with Crippen LogP contribution in [-0.2, 0) is 14.3 Å². The van der Waals surface area contributed by atoms with Gasteiger partial charge in [-0.1, -0.05) is 15.9 Å². The van der Waals surface area contributed by atoms with E-state index < -0.39 is 11.3 Å². The number of carbonyl (C=O) groups excluding carboxylic acids is 3. The Labute approximate surface area is 213 Å². The van der Waals surface area contributed by atoms with Crippen LogP contribution in [0.25, 0.3) is 0 Å². The number of alkyl halides is 1. The predicted octanol–water partition coefficient (Wildman–Crippen LogP) is 5.16. The first-order chi connectivity index (χ1) is 16.8. The maximum Gasteiger partial charge on any atom is 0.312 e. The lowest BCUT2D eigenvalue weighted by molar-refractivity contribution is -0.170. The summed E-state index contributed by atoms with van der Waals surface area (Å²) in [6.45, 7) is -0.315. The van der Waals surface area contributed by atoms with Crippen LogP contribution in [0, 0.1) is 17.3 Å². The summed E-state index contributed by atoms with van der Waals surface area (Å²) < 4.78 is 10.7. The first kappa shape index (κ1) is 23.9. The van der Waals surface area contributed by atoms with E-state index in [1.54, 1.807) is 55.6 Å². The second kappa shape index (κ2) is 9.30. The Hall–Kier alpha value is -2.87. The summed E-state index contributed by atoms with van der Waals surface area (Å²) in [7, 11) is 1.58. The van der Waals surface area contributed by atoms with Crippen LogP contribution < -0.4 is 15.4 Å². The Morgan fingerprint density at radius 1 is 0.914 bits per heavy atom. The molecule has 2 aromatic rings. The van der Waals surface area contributed by atoms with Gasteiger partial charge in [0.1, 0.15) is 5.75 Å². The average Bonchev–Trinajstić information content (AvgIpc) is 2.82. The SMILES string of the molecule is COc1ccc(NC(=O)c2ccc(NC(=O)COC(=O)C34C[C@@H]5C[C@H](CC(Br)(C5)C3)C4)cc2)cc1. The highest BCUT2D eigenvalue weighted by Gasteiger charge is 2.60. The number of nitrogens with one attached hydrogen (secondary N) is 2. The summed E-state index contributed by atoms with van der Waals surface area (Å²) in [5.41, 5.74) is 1.18. The van der Waals surface area contributed by atoms with Crippen molar-refractivity contribution < 1.29 is 23.9 Å². The van der Waals surface area contributed by atoms with Crippen LogP contribution in [0.4, 0.5) is 11.4 Å². The van der Waals surface area contributed by atoms with E-state index in [9.17, 15) is 14.4 Å². The number of rotatable bonds is 7. The Morgan fingerprint density at radius 3 is 2.11 bits per heavy atom. The maximum atomic E-state index is 13.0. The van der Waals surface area contributed by atoms with E-state index in [-0.39, 0.29) is 22.8 Å². The summed E-state index contributed by atoms with van der Waals surface area (Å²) in [6.07, 6.45) is 6.01. The lowest BCUT2D eigenvalue weighted by Crippen LogP contribution is -2.56. The van der Waals surface area contributed by atoms with Crippen molar-refractivity contribution in [3.63, 3.8) is 0 Å². The minimum absolute atomic E-state index is 0.0553. The van der Waals surface area contributed by atoms with E-state index in [4.69, 9.17) is 9.47 Å². The molecule has 4 aliphatic rings. The minimum Gasteiger partial charge on any atom is -0.497 e. The number of anilines is 2. The first-order valence-corrected chi connectivity index (χ1v) is 12.8. The number of esters is 1. The molecule has 4 fully saturated rings. The average molecular weight is 541 g/mol. The Morgan fingerprint density at radius 2 is 1.51 bits per heavy atom. The van der Waals surface area contributed by atoms with Crippen molar-refractivity contribution in [3.05, 3.63) is 54.1 Å². The zero-order valence-electron chi connectivity index (χ0n) is 19.6. The molecule has 2 amide bonds. The molecule has 2 aromatic carbocycles. The highest BCUT2D eigenvalue weighted by molar-refractivity contribution is 9.10. The van der Waals surface area contributed by atoms with Gasteiger partial charge in [0.25, 0.3) is 11.8 Å². The van der Waals surface area contributed by atoms with Crippen molar-refractivity contribution in [1.82, 2.24) is 0 Å². The van der Waals surface area contributed by atoms with Gasteiger partial charge in [-0.05, 0) is 98.9 Å². The third-order valence-electron chi connectivity index (χ3n) is 7.54. The molecule has 0 aromatic heterocycles. The number of amides is 2. The van der Waals surface area contributed by atoms with E-state index in [1.807, 2.05) is 0 Å². The molecule has 7 nitrogen and oxygen atoms in total. The van der Waals surface area contributed by atoms with Gasteiger partial charge in [-0.25, -0.2) is 0 Å². The van der Waals surface area contributed by atoms with Crippen LogP contribution in [0.15, 0.2) is 48.5 Å². The van der Waals surface area contributed by atoms with Gasteiger partial charge in [-0.15, -0.1) is 0 Å². The van der Waals surface area contributed by atoms with Gasteiger partial charge in [0, 0.05) is 21.3 Å². The zero-order valence-corrected chi connectivity index (χ0v) is 21.2. The smallest absolute Gasteiger partial charge is 0.312 e. The summed E-state index contributed by atoms with van der Waals surface area (Å²) in [5.74, 6) is 0.943. The van der Waals surface area contributed by atoms with Crippen LogP contribution in [0.5, 0.6) is 5.75 Å². The minimum atomic E-state index is -0.452. The fourth-order valence-electron chi connectivity index (χ4n) is 6.45. The van der Waals surface area contributed by atoms with Crippen molar-refractivity contribution in [3.8, 4) is 5.75 Å². The first-order valence-electron chi connectivity index (χ1n) is 12.0. The van der Waals surface area contributed by atoms with E-state index >= 15 is 0 Å². The molecule has 4 aliphatic carbocycles. The summed E-state index contributed by atoms with van der Waals surface area (Å²) in [5, 5.41) is 5.55. The van der Waals surface area contributed by atoms with Gasteiger partial charge in [-0.2, -0.15) is 0 Å². The van der Waals surface area contributed by atoms with Crippen LogP contribution in [-0.4, -0.2) is 35.8 Å². The van der Waals surface area contributed by atoms with E-state index in [2.05, 4.69) is 26.6 Å². The molecule has 2 atom stereocenters. The van der Waals surface area contributed by atoms with Crippen LogP contribution in [0.3, 0.4) is 0 Å². The molecule has 0 radical (unpaired) electrons. The van der Waals surface area contributed by atoms with Gasteiger partial charge < -0.3 is 20.1 Å². The van der Waals surface area contributed by atoms with Crippen LogP contribution >= 0.6 is 15.9 Å². The number of benzene rings is 2. The van der Waals surface area contributed by atoms with Crippen molar-refractivity contribution >= 4 is 45.1 Å². The number of hydrogen-bond donors (Lipinski definition) is 2. The molecule has 4 saturated carbocycles. The topological polar surface area (TPSA) is 93.7 Å². The molecular weight excluding hydrogens is 512 g/mol. The van der Waals surface area contributed by atoms with Crippen LogP contribution in [0.2, 0.25) is 0 Å². The molecule has 0 spiro atoms. The monoisotopic (exact) mass is 540 g/mol. The Bertz CT molecular complexity index is 1120. The molecule has 8 heteroatoms. The van der Waals surface area contributed by atoms with Gasteiger partial charge in [0.15, 0.2) is 6.61 Å². The largest absolute Gasteiger partial charge is 0.497 e. The van der Waals surface area contributed by atoms with Gasteiger partial charge in [-0.3, -0.25) is 14.4 Å². The molecule has 35 heavy (non-hydrogen) atoms. The molecule has 0 aliphatic heterocycles. The highest BCUT2D eigenvalue weighted by Crippen LogP contribution is 2.64. The lowest BCUT2D eigenvalue weighted by atomic mass is 9.49. The Balaban J connectivity index is 1.12. The zero-order chi connectivity index (χ0) is 24.6. The number of halogens is 1. The fraction of sp³-hybridized carbons (Fsp3) is 0.444. The van der Waals surface area contributed by atoms with E-state index in [1.165, 1.54) is 6.42 Å². The van der Waals surface area contributed by atoms with Crippen molar-refractivity contribution in [2.24, 2.45) is 17.3 Å². The molecule has 184 valence electrons. The third kappa shape index (κ3) is 5.08. The van der Waals surface area contributed by atoms with Gasteiger partial charge in [0.2, 0.25) is 0 Å². The van der Waals surface area contributed by atoms with Crippen LogP contribution in [0.1, 0.15) is 48.9 Å². The van der Waals surface area contributed by atoms with Gasteiger partial charge in [0.05, 0.1) is 12.5 Å². The van der Waals surface area contributed by atoms with Crippen molar-refractivity contribution in [2.45, 2.75) is 42.8 Å². The summed E-state index contributed by atoms with van der Waals surface area (Å²) in [6, 6.07) is 13.6. The van der Waals surface area contributed by atoms with Crippen molar-refractivity contribution in [1.29, 1.82) is 0 Å². The number of hydrogen-bond acceptors (Lipinski definition) is 5. The number of carbonyl (C=O) groups is 3. The molecule has 0 saturated heterocycles. The molecule has 6 rings (SSSR count). The third-order valence-corrected chi connectivity index (χ3v) is 8.46. The molecule has 0 heterocycles. The van der Waals surface area contributed by atoms with Gasteiger partial charge >= 0.3 is 5.97 Å². The molecular formula is C27H29BrN2O5. The second-order valence-electron chi connectivity index (χ2n) is 10.3. The summed E-state index contributed by atoms with van der Waals surface area (Å²) in [4.78, 5) is 37.9. The molecule has 2 N–H and O–H groups in total. The predicted molar refractivity (Wildman–Crippen MR) is 136 cm³/mol. The van der Waals surface area contributed by atoms with E-state index in [0.29, 0.717) is 34.5 Å². The maximum absolute atomic E-state index is 13.0. The molecule has 0 unspecified atom stereocenters. The second-order valence-corrected chi connectivity index (χ2v) is 12.0. The number of methoxy groups -OCH3 is 1. The van der Waals surface area contributed by atoms with E-state index in [0.717, 1.165) is 32.1 Å². The highest BCUT2D eigenvalue weighted by atomic mass is 79.9.